The number of primary amides is 1. The summed E-state index contributed by atoms with van der Waals surface area (Å²) in [5.41, 5.74) is 5.53. The van der Waals surface area contributed by atoms with Gasteiger partial charge in [-0.25, -0.2) is 4.79 Å². The molecule has 2 aliphatic rings. The van der Waals surface area contributed by atoms with Gasteiger partial charge in [0.05, 0.1) is 12.1 Å². The van der Waals surface area contributed by atoms with Crippen LogP contribution >= 0.6 is 0 Å². The number of aliphatic hydroxyl groups is 1. The Morgan fingerprint density at radius 2 is 1.85 bits per heavy atom. The van der Waals surface area contributed by atoms with Crippen molar-refractivity contribution >= 4 is 34.6 Å². The van der Waals surface area contributed by atoms with Crippen molar-refractivity contribution < 1.29 is 29.0 Å². The molecule has 1 heterocycles. The average molecular weight is 639 g/mol. The summed E-state index contributed by atoms with van der Waals surface area (Å²) in [6.07, 6.45) is 1.06. The first-order chi connectivity index (χ1) is 22.7. The largest absolute Gasteiger partial charge is 0.445 e. The van der Waals surface area contributed by atoms with Crippen LogP contribution in [0.3, 0.4) is 0 Å². The SMILES string of the molecule is N#C/C(=C\[C@H](C[C@@H]1CCCNC1=O)NC(=O)CNC(O)C1(NC(=O)OCc2ccccc2)C[C@H]1c1cccc2ccccc12)C(N)=O. The molecule has 5 rings (SSSR count). The lowest BCUT2D eigenvalue weighted by Crippen LogP contribution is -2.55. The van der Waals surface area contributed by atoms with Gasteiger partial charge in [-0.15, -0.1) is 0 Å². The van der Waals surface area contributed by atoms with Crippen molar-refractivity contribution in [1.82, 2.24) is 21.3 Å². The molecule has 3 aromatic carbocycles. The number of hydrogen-bond acceptors (Lipinski definition) is 8. The molecular formula is C35H38N6O6. The topological polar surface area (TPSA) is 196 Å². The van der Waals surface area contributed by atoms with E-state index >= 15 is 0 Å². The minimum atomic E-state index is -1.36. The van der Waals surface area contributed by atoms with Gasteiger partial charge in [0.1, 0.15) is 24.5 Å². The number of rotatable bonds is 13. The summed E-state index contributed by atoms with van der Waals surface area (Å²) in [6.45, 7) is 0.229. The summed E-state index contributed by atoms with van der Waals surface area (Å²) in [5.74, 6) is -2.41. The minimum Gasteiger partial charge on any atom is -0.445 e. The van der Waals surface area contributed by atoms with Gasteiger partial charge in [-0.2, -0.15) is 5.26 Å². The van der Waals surface area contributed by atoms with Gasteiger partial charge in [-0.3, -0.25) is 19.7 Å². The van der Waals surface area contributed by atoms with Crippen molar-refractivity contribution in [2.45, 2.75) is 56.0 Å². The molecule has 2 fully saturated rings. The number of nitrogens with two attached hydrogens (primary N) is 1. The molecule has 1 saturated carbocycles. The summed E-state index contributed by atoms with van der Waals surface area (Å²) < 4.78 is 5.48. The van der Waals surface area contributed by atoms with Gasteiger partial charge in [0.15, 0.2) is 0 Å². The number of nitrogens with zero attached hydrogens (tertiary/aromatic N) is 1. The minimum absolute atomic E-state index is 0.0392. The van der Waals surface area contributed by atoms with Crippen LogP contribution in [-0.2, 0) is 25.7 Å². The number of aliphatic hydroxyl groups excluding tert-OH is 1. The number of carbonyl (C=O) groups excluding carboxylic acids is 4. The van der Waals surface area contributed by atoms with Crippen LogP contribution in [0.5, 0.6) is 0 Å². The standard InChI is InChI=1S/C35H38N6O6/c36-19-25(31(37)43)17-26(16-24-12-7-15-38-32(24)44)40-30(42)20-39-33(45)35(41-34(46)47-21-22-8-2-1-3-9-22)18-29(35)28-14-6-11-23-10-4-5-13-27(23)28/h1-6,8-11,13-14,17,24,26,29,33,39,45H,7,12,15-16,18,20-21H2,(H2,37,43)(H,38,44)(H,40,42)(H,41,46)/b25-17+/t24-,26-,29-,33?,35?/m0/s1. The van der Waals surface area contributed by atoms with Gasteiger partial charge in [-0.1, -0.05) is 72.8 Å². The van der Waals surface area contributed by atoms with E-state index in [9.17, 15) is 29.5 Å². The molecule has 1 aliphatic heterocycles. The Labute approximate surface area is 272 Å². The molecule has 0 bridgehead atoms. The number of carbonyl (C=O) groups is 4. The summed E-state index contributed by atoms with van der Waals surface area (Å²) in [5, 5.41) is 34.1. The monoisotopic (exact) mass is 638 g/mol. The second-order valence-corrected chi connectivity index (χ2v) is 11.9. The summed E-state index contributed by atoms with van der Waals surface area (Å²) in [7, 11) is 0. The first-order valence-electron chi connectivity index (χ1n) is 15.6. The molecule has 1 saturated heterocycles. The molecule has 0 radical (unpaired) electrons. The van der Waals surface area contributed by atoms with E-state index in [0.29, 0.717) is 19.4 Å². The normalized spacial score (nSPS) is 21.9. The number of nitrogens with one attached hydrogen (secondary N) is 4. The number of amides is 4. The molecule has 47 heavy (non-hydrogen) atoms. The van der Waals surface area contributed by atoms with Gasteiger partial charge >= 0.3 is 6.09 Å². The number of hydrogen-bond donors (Lipinski definition) is 6. The first-order valence-corrected chi connectivity index (χ1v) is 15.6. The maximum atomic E-state index is 13.2. The third kappa shape index (κ3) is 8.13. The van der Waals surface area contributed by atoms with E-state index in [0.717, 1.165) is 28.3 Å². The van der Waals surface area contributed by atoms with Crippen LogP contribution in [0.4, 0.5) is 4.79 Å². The Hall–Kier alpha value is -5.25. The molecule has 0 spiro atoms. The fourth-order valence-corrected chi connectivity index (χ4v) is 6.22. The fourth-order valence-electron chi connectivity index (χ4n) is 6.22. The molecule has 7 N–H and O–H groups in total. The summed E-state index contributed by atoms with van der Waals surface area (Å²) in [4.78, 5) is 50.3. The van der Waals surface area contributed by atoms with Crippen LogP contribution in [0.15, 0.2) is 84.4 Å². The third-order valence-corrected chi connectivity index (χ3v) is 8.73. The highest BCUT2D eigenvalue weighted by Gasteiger charge is 2.61. The van der Waals surface area contributed by atoms with E-state index in [1.54, 1.807) is 6.07 Å². The van der Waals surface area contributed by atoms with Gasteiger partial charge < -0.3 is 31.5 Å². The maximum absolute atomic E-state index is 13.2. The number of piperidine rings is 1. The third-order valence-electron chi connectivity index (χ3n) is 8.73. The van der Waals surface area contributed by atoms with Crippen molar-refractivity contribution in [1.29, 1.82) is 5.26 Å². The smallest absolute Gasteiger partial charge is 0.408 e. The molecule has 244 valence electrons. The van der Waals surface area contributed by atoms with E-state index < -0.39 is 41.6 Å². The Kier molecular flexibility index (Phi) is 10.5. The first kappa shape index (κ1) is 33.1. The summed E-state index contributed by atoms with van der Waals surface area (Å²) in [6, 6.07) is 23.8. The lowest BCUT2D eigenvalue weighted by atomic mass is 9.90. The van der Waals surface area contributed by atoms with Gasteiger partial charge in [0.2, 0.25) is 11.8 Å². The maximum Gasteiger partial charge on any atom is 0.408 e. The predicted molar refractivity (Wildman–Crippen MR) is 173 cm³/mol. The van der Waals surface area contributed by atoms with Crippen LogP contribution in [0.2, 0.25) is 0 Å². The molecule has 1 aliphatic carbocycles. The van der Waals surface area contributed by atoms with Gasteiger partial charge in [0, 0.05) is 24.4 Å². The molecule has 12 heteroatoms. The van der Waals surface area contributed by atoms with Crippen molar-refractivity contribution in [3.8, 4) is 6.07 Å². The second kappa shape index (κ2) is 14.9. The van der Waals surface area contributed by atoms with E-state index in [1.165, 1.54) is 6.08 Å². The van der Waals surface area contributed by atoms with Gasteiger partial charge in [0.25, 0.3) is 5.91 Å². The molecule has 5 atom stereocenters. The van der Waals surface area contributed by atoms with E-state index in [4.69, 9.17) is 10.5 Å². The lowest BCUT2D eigenvalue weighted by molar-refractivity contribution is -0.127. The predicted octanol–water partition coefficient (Wildman–Crippen LogP) is 2.24. The molecule has 3 aromatic rings. The van der Waals surface area contributed by atoms with E-state index in [2.05, 4.69) is 21.3 Å². The highest BCUT2D eigenvalue weighted by atomic mass is 16.5. The Balaban J connectivity index is 1.30. The molecular weight excluding hydrogens is 600 g/mol. The number of alkyl carbamates (subject to hydrolysis) is 1. The average Bonchev–Trinajstić information content (AvgIpc) is 3.80. The van der Waals surface area contributed by atoms with Crippen LogP contribution in [-0.4, -0.2) is 59.8 Å². The van der Waals surface area contributed by atoms with Crippen LogP contribution in [0.25, 0.3) is 10.8 Å². The van der Waals surface area contributed by atoms with Gasteiger partial charge in [-0.05, 0) is 53.7 Å². The van der Waals surface area contributed by atoms with Crippen molar-refractivity contribution in [3.63, 3.8) is 0 Å². The zero-order valence-corrected chi connectivity index (χ0v) is 25.8. The highest BCUT2D eigenvalue weighted by Crippen LogP contribution is 2.54. The second-order valence-electron chi connectivity index (χ2n) is 11.9. The van der Waals surface area contributed by atoms with Crippen LogP contribution in [0.1, 0.15) is 42.7 Å². The number of nitriles is 1. The lowest BCUT2D eigenvalue weighted by Gasteiger charge is -2.27. The highest BCUT2D eigenvalue weighted by molar-refractivity contribution is 5.96. The van der Waals surface area contributed by atoms with Crippen LogP contribution in [0, 0.1) is 17.2 Å². The zero-order chi connectivity index (χ0) is 33.4. The summed E-state index contributed by atoms with van der Waals surface area (Å²) >= 11 is 0. The Morgan fingerprint density at radius 3 is 2.60 bits per heavy atom. The Bertz CT molecular complexity index is 1700. The van der Waals surface area contributed by atoms with Crippen molar-refractivity contribution in [2.24, 2.45) is 11.7 Å². The zero-order valence-electron chi connectivity index (χ0n) is 25.8. The number of benzene rings is 3. The Morgan fingerprint density at radius 1 is 1.11 bits per heavy atom. The molecule has 12 nitrogen and oxygen atoms in total. The van der Waals surface area contributed by atoms with Crippen molar-refractivity contribution in [3.05, 3.63) is 95.6 Å². The number of fused-ring (bicyclic) bond motifs is 1. The molecule has 0 aromatic heterocycles. The fraction of sp³-hybridized carbons (Fsp3) is 0.343. The molecule has 4 amide bonds. The number of ether oxygens (including phenoxy) is 1. The quantitative estimate of drug-likeness (QED) is 0.0931. The van der Waals surface area contributed by atoms with Crippen LogP contribution < -0.4 is 27.0 Å². The molecule has 2 unspecified atom stereocenters. The van der Waals surface area contributed by atoms with E-state index in [1.807, 2.05) is 72.8 Å². The van der Waals surface area contributed by atoms with Crippen molar-refractivity contribution in [2.75, 3.05) is 13.1 Å². The van der Waals surface area contributed by atoms with E-state index in [-0.39, 0.29) is 37.0 Å².